The van der Waals surface area contributed by atoms with Crippen LogP contribution in [0.3, 0.4) is 0 Å². The first-order chi connectivity index (χ1) is 16.4. The Morgan fingerprint density at radius 3 is 2.09 bits per heavy atom. The number of aromatic nitrogens is 1. The van der Waals surface area contributed by atoms with Gasteiger partial charge >= 0.3 is 5.97 Å². The maximum Gasteiger partial charge on any atom is 0.348 e. The van der Waals surface area contributed by atoms with Crippen molar-refractivity contribution < 1.29 is 45.4 Å². The van der Waals surface area contributed by atoms with Crippen LogP contribution in [-0.2, 0) is 19.9 Å². The summed E-state index contributed by atoms with van der Waals surface area (Å²) in [6.45, 7) is 1.90. The molecule has 0 radical (unpaired) electrons. The average molecular weight is 542 g/mol. The molecule has 3 saturated heterocycles. The summed E-state index contributed by atoms with van der Waals surface area (Å²) in [4.78, 5) is 26.2. The van der Waals surface area contributed by atoms with E-state index in [-0.39, 0.29) is 22.9 Å². The van der Waals surface area contributed by atoms with Crippen LogP contribution in [0.1, 0.15) is 35.7 Å². The van der Waals surface area contributed by atoms with Crippen LogP contribution in [-0.4, -0.2) is 52.4 Å². The molecule has 8 nitrogen and oxygen atoms in total. The van der Waals surface area contributed by atoms with E-state index in [9.17, 15) is 14.7 Å². The minimum atomic E-state index is -1.95. The number of halogens is 1. The van der Waals surface area contributed by atoms with Crippen LogP contribution in [0.4, 0.5) is 0 Å². The summed E-state index contributed by atoms with van der Waals surface area (Å²) in [5.41, 5.74) is 5.24. The zero-order valence-corrected chi connectivity index (χ0v) is 20.7. The first-order valence-electron chi connectivity index (χ1n) is 11.5. The van der Waals surface area contributed by atoms with Gasteiger partial charge in [-0.2, -0.15) is 0 Å². The number of benzene rings is 2. The number of quaternary nitrogens is 1. The number of esters is 1. The third-order valence-corrected chi connectivity index (χ3v) is 7.45. The lowest BCUT2D eigenvalue weighted by atomic mass is 9.80. The van der Waals surface area contributed by atoms with Crippen molar-refractivity contribution in [2.24, 2.45) is 11.7 Å². The van der Waals surface area contributed by atoms with E-state index in [1.54, 1.807) is 54.6 Å². The first-order valence-corrected chi connectivity index (χ1v) is 11.5. The van der Waals surface area contributed by atoms with Crippen LogP contribution in [0, 0.1) is 5.92 Å². The zero-order valence-electron chi connectivity index (χ0n) is 19.1. The number of primary amides is 1. The molecule has 2 bridgehead atoms. The quantitative estimate of drug-likeness (QED) is 0.301. The predicted octanol–water partition coefficient (Wildman–Crippen LogP) is -0.707. The van der Waals surface area contributed by atoms with E-state index in [4.69, 9.17) is 15.0 Å². The second-order valence-corrected chi connectivity index (χ2v) is 9.30. The molecule has 0 saturated carbocycles. The molecule has 3 N–H and O–H groups in total. The molecule has 9 heteroatoms. The molecule has 4 heterocycles. The fraction of sp³-hybridized carbons (Fsp3) is 0.346. The lowest BCUT2D eigenvalue weighted by Crippen LogP contribution is -3.00. The summed E-state index contributed by atoms with van der Waals surface area (Å²) in [5, 5.41) is 15.7. The van der Waals surface area contributed by atoms with Crippen molar-refractivity contribution in [3.8, 4) is 0 Å². The minimum Gasteiger partial charge on any atom is -1.00 e. The van der Waals surface area contributed by atoms with E-state index < -0.39 is 29.6 Å². The number of aliphatic hydroxyl groups is 1. The lowest BCUT2D eigenvalue weighted by Gasteiger charge is -2.54. The lowest BCUT2D eigenvalue weighted by molar-refractivity contribution is -0.965. The van der Waals surface area contributed by atoms with Gasteiger partial charge in [0.25, 0.3) is 5.91 Å². The maximum absolute atomic E-state index is 13.6. The summed E-state index contributed by atoms with van der Waals surface area (Å²) in [6.07, 6.45) is 2.55. The second-order valence-electron chi connectivity index (χ2n) is 9.30. The van der Waals surface area contributed by atoms with Crippen molar-refractivity contribution in [3.63, 3.8) is 0 Å². The first kappa shape index (κ1) is 25.1. The number of ether oxygens (including phenoxy) is 1. The second kappa shape index (κ2) is 9.93. The smallest absolute Gasteiger partial charge is 0.348 e. The van der Waals surface area contributed by atoms with Gasteiger partial charge < -0.3 is 41.6 Å². The number of rotatable bonds is 7. The largest absolute Gasteiger partial charge is 1.00 e. The molecule has 3 aliphatic heterocycles. The fourth-order valence-electron chi connectivity index (χ4n) is 5.70. The van der Waals surface area contributed by atoms with Gasteiger partial charge in [0.1, 0.15) is 12.8 Å². The average Bonchev–Trinajstić information content (AvgIpc) is 3.39. The number of piperidine rings is 3. The molecular formula is C26H28BrN3O5. The number of nitrogens with zero attached hydrogens (tertiary/aromatic N) is 2. The van der Waals surface area contributed by atoms with Crippen LogP contribution in [0.15, 0.2) is 77.5 Å². The van der Waals surface area contributed by atoms with E-state index in [0.29, 0.717) is 27.8 Å². The van der Waals surface area contributed by atoms with Gasteiger partial charge in [-0.05, 0) is 11.1 Å². The standard InChI is InChI=1S/C26H27N3O5.BrH/c27-24(30)23(21-13-16-33-28-21)29-14-11-18(12-15-29)22(17-29)34-25(31)26(32,19-7-3-1-4-8-19)20-9-5-2-6-10-20;/h1-10,13,16,18,22-23,32H,11-12,14-15,17H2,(H-,27,30);1H/t18?,22-,23?,29?;/m0./s1. The van der Waals surface area contributed by atoms with Gasteiger partial charge in [-0.15, -0.1) is 0 Å². The molecule has 2 atom stereocenters. The minimum absolute atomic E-state index is 0. The summed E-state index contributed by atoms with van der Waals surface area (Å²) in [6, 6.07) is 18.6. The van der Waals surface area contributed by atoms with Crippen molar-refractivity contribution in [1.29, 1.82) is 0 Å². The van der Waals surface area contributed by atoms with E-state index in [2.05, 4.69) is 5.16 Å². The molecule has 3 aromatic rings. The number of fused-ring (bicyclic) bond motifs is 3. The monoisotopic (exact) mass is 541 g/mol. The van der Waals surface area contributed by atoms with Crippen molar-refractivity contribution in [3.05, 3.63) is 89.8 Å². The number of amides is 1. The molecule has 3 aliphatic rings. The van der Waals surface area contributed by atoms with Gasteiger partial charge in [0.2, 0.25) is 11.6 Å². The molecule has 0 aliphatic carbocycles. The molecule has 6 rings (SSSR count). The van der Waals surface area contributed by atoms with E-state index in [0.717, 1.165) is 25.9 Å². The molecule has 35 heavy (non-hydrogen) atoms. The van der Waals surface area contributed by atoms with Crippen molar-refractivity contribution in [2.75, 3.05) is 19.6 Å². The normalized spacial score (nSPS) is 24.3. The molecule has 0 spiro atoms. The zero-order chi connectivity index (χ0) is 23.8. The number of hydrogen-bond acceptors (Lipinski definition) is 6. The molecule has 184 valence electrons. The molecular weight excluding hydrogens is 514 g/mol. The van der Waals surface area contributed by atoms with Crippen molar-refractivity contribution in [1.82, 2.24) is 5.16 Å². The highest BCUT2D eigenvalue weighted by atomic mass is 79.9. The van der Waals surface area contributed by atoms with Gasteiger partial charge in [0.15, 0.2) is 11.8 Å². The van der Waals surface area contributed by atoms with Gasteiger partial charge in [-0.3, -0.25) is 4.79 Å². The van der Waals surface area contributed by atoms with Gasteiger partial charge in [0, 0.05) is 24.8 Å². The van der Waals surface area contributed by atoms with E-state index in [1.165, 1.54) is 6.26 Å². The Morgan fingerprint density at radius 2 is 1.60 bits per heavy atom. The SMILES string of the molecule is NC(=O)C(c1ccon1)[N+]12CCC(CC1)[C@@H](OC(=O)C(O)(c1ccccc1)c1ccccc1)C2.[Br-]. The summed E-state index contributed by atoms with van der Waals surface area (Å²) in [7, 11) is 0. The Labute approximate surface area is 214 Å². The van der Waals surface area contributed by atoms with Gasteiger partial charge in [-0.1, -0.05) is 65.8 Å². The maximum atomic E-state index is 13.6. The number of carbonyl (C=O) groups is 2. The Morgan fingerprint density at radius 1 is 1.03 bits per heavy atom. The third kappa shape index (κ3) is 4.39. The number of nitrogens with two attached hydrogens (primary N) is 1. The van der Waals surface area contributed by atoms with Crippen LogP contribution >= 0.6 is 0 Å². The molecule has 1 amide bonds. The molecule has 3 fully saturated rings. The highest BCUT2D eigenvalue weighted by Crippen LogP contribution is 2.43. The topological polar surface area (TPSA) is 116 Å². The number of hydrogen-bond donors (Lipinski definition) is 2. The summed E-state index contributed by atoms with van der Waals surface area (Å²) < 4.78 is 11.4. The van der Waals surface area contributed by atoms with Crippen LogP contribution < -0.4 is 22.7 Å². The van der Waals surface area contributed by atoms with Crippen LogP contribution in [0.5, 0.6) is 0 Å². The molecule has 1 unspecified atom stereocenters. The summed E-state index contributed by atoms with van der Waals surface area (Å²) >= 11 is 0. The van der Waals surface area contributed by atoms with E-state index >= 15 is 0 Å². The van der Waals surface area contributed by atoms with Crippen LogP contribution in [0.25, 0.3) is 0 Å². The Hall–Kier alpha value is -3.01. The predicted molar refractivity (Wildman–Crippen MR) is 122 cm³/mol. The highest BCUT2D eigenvalue weighted by Gasteiger charge is 2.55. The van der Waals surface area contributed by atoms with Crippen LogP contribution in [0.2, 0.25) is 0 Å². The fourth-order valence-corrected chi connectivity index (χ4v) is 5.70. The van der Waals surface area contributed by atoms with Gasteiger partial charge in [0.05, 0.1) is 13.1 Å². The molecule has 2 aromatic carbocycles. The van der Waals surface area contributed by atoms with Crippen molar-refractivity contribution in [2.45, 2.75) is 30.6 Å². The third-order valence-electron chi connectivity index (χ3n) is 7.45. The van der Waals surface area contributed by atoms with Gasteiger partial charge in [-0.25, -0.2) is 4.79 Å². The van der Waals surface area contributed by atoms with E-state index in [1.807, 2.05) is 12.1 Å². The highest BCUT2D eigenvalue weighted by molar-refractivity contribution is 5.85. The summed E-state index contributed by atoms with van der Waals surface area (Å²) in [5.74, 6) is -1.05. The molecule has 1 aromatic heterocycles. The Kier molecular flexibility index (Phi) is 7.12. The van der Waals surface area contributed by atoms with Crippen molar-refractivity contribution >= 4 is 11.9 Å². The Bertz CT molecular complexity index is 1110. The Balaban J connectivity index is 0.00000289. The number of carbonyl (C=O) groups excluding carboxylic acids is 2.